The van der Waals surface area contributed by atoms with Crippen molar-refractivity contribution in [1.29, 1.82) is 0 Å². The van der Waals surface area contributed by atoms with Gasteiger partial charge in [-0.3, -0.25) is 4.98 Å². The third kappa shape index (κ3) is 2.89. The van der Waals surface area contributed by atoms with Crippen LogP contribution in [-0.4, -0.2) is 4.98 Å². The zero-order valence-electron chi connectivity index (χ0n) is 13.9. The van der Waals surface area contributed by atoms with E-state index in [0.717, 1.165) is 17.6 Å². The summed E-state index contributed by atoms with van der Waals surface area (Å²) in [5, 5.41) is 1.20. The molecule has 0 bridgehead atoms. The lowest BCUT2D eigenvalue weighted by Gasteiger charge is -2.19. The second-order valence-electron chi connectivity index (χ2n) is 6.89. The molecular formula is C21H23N. The van der Waals surface area contributed by atoms with Crippen LogP contribution in [-0.2, 0) is 11.8 Å². The van der Waals surface area contributed by atoms with Crippen molar-refractivity contribution < 1.29 is 0 Å². The second kappa shape index (κ2) is 5.57. The van der Waals surface area contributed by atoms with Crippen molar-refractivity contribution in [2.24, 2.45) is 0 Å². The van der Waals surface area contributed by atoms with E-state index < -0.39 is 0 Å². The molecule has 1 heteroatoms. The summed E-state index contributed by atoms with van der Waals surface area (Å²) in [4.78, 5) is 4.67. The van der Waals surface area contributed by atoms with Gasteiger partial charge >= 0.3 is 0 Å². The molecule has 0 saturated carbocycles. The van der Waals surface area contributed by atoms with Crippen molar-refractivity contribution >= 4 is 10.9 Å². The highest BCUT2D eigenvalue weighted by Gasteiger charge is 2.13. The van der Waals surface area contributed by atoms with E-state index in [9.17, 15) is 0 Å². The molecule has 0 radical (unpaired) electrons. The number of hydrogen-bond acceptors (Lipinski definition) is 1. The van der Waals surface area contributed by atoms with Crippen LogP contribution < -0.4 is 0 Å². The van der Waals surface area contributed by atoms with E-state index in [-0.39, 0.29) is 5.41 Å². The van der Waals surface area contributed by atoms with E-state index in [2.05, 4.69) is 87.3 Å². The number of aromatic nitrogens is 1. The Balaban J connectivity index is 1.99. The van der Waals surface area contributed by atoms with Gasteiger partial charge in [0, 0.05) is 11.1 Å². The van der Waals surface area contributed by atoms with Gasteiger partial charge in [-0.15, -0.1) is 0 Å². The molecule has 22 heavy (non-hydrogen) atoms. The van der Waals surface area contributed by atoms with Gasteiger partial charge in [-0.05, 0) is 46.7 Å². The fraction of sp³-hybridized carbons (Fsp3) is 0.286. The minimum absolute atomic E-state index is 0.197. The lowest BCUT2D eigenvalue weighted by atomic mass is 9.86. The van der Waals surface area contributed by atoms with Gasteiger partial charge in [0.25, 0.3) is 0 Å². The molecule has 0 aliphatic rings. The van der Waals surface area contributed by atoms with Gasteiger partial charge in [0.2, 0.25) is 0 Å². The molecule has 0 aliphatic heterocycles. The highest BCUT2D eigenvalue weighted by atomic mass is 14.7. The summed E-state index contributed by atoms with van der Waals surface area (Å²) >= 11 is 0. The summed E-state index contributed by atoms with van der Waals surface area (Å²) in [5.41, 5.74) is 6.30. The van der Waals surface area contributed by atoms with E-state index >= 15 is 0 Å². The number of benzene rings is 2. The zero-order chi connectivity index (χ0) is 15.7. The molecule has 112 valence electrons. The highest BCUT2D eigenvalue weighted by molar-refractivity contribution is 5.84. The molecule has 1 aromatic heterocycles. The van der Waals surface area contributed by atoms with Gasteiger partial charge in [0.15, 0.2) is 0 Å². The van der Waals surface area contributed by atoms with Gasteiger partial charge in [0.1, 0.15) is 0 Å². The maximum atomic E-state index is 4.67. The number of nitrogens with zero attached hydrogens (tertiary/aromatic N) is 1. The summed E-state index contributed by atoms with van der Waals surface area (Å²) in [6.07, 6.45) is 0.978. The Bertz CT molecular complexity index is 792. The van der Waals surface area contributed by atoms with Crippen LogP contribution in [0.15, 0.2) is 54.6 Å². The molecule has 1 heterocycles. The monoisotopic (exact) mass is 289 g/mol. The molecular weight excluding hydrogens is 266 g/mol. The molecule has 0 amide bonds. The molecule has 1 nitrogen and oxygen atoms in total. The first-order valence-corrected chi connectivity index (χ1v) is 7.98. The van der Waals surface area contributed by atoms with E-state index in [1.165, 1.54) is 22.1 Å². The van der Waals surface area contributed by atoms with Crippen LogP contribution in [0.5, 0.6) is 0 Å². The van der Waals surface area contributed by atoms with Crippen LogP contribution >= 0.6 is 0 Å². The molecule has 0 spiro atoms. The molecule has 3 rings (SSSR count). The lowest BCUT2D eigenvalue weighted by Crippen LogP contribution is -2.10. The summed E-state index contributed by atoms with van der Waals surface area (Å²) in [5.74, 6) is 0. The SMILES string of the molecule is CCc1ccc2cc(-c3ccc(C(C)(C)C)cc3)ccc2n1. The summed E-state index contributed by atoms with van der Waals surface area (Å²) in [6.45, 7) is 8.87. The molecule has 0 saturated heterocycles. The van der Waals surface area contributed by atoms with Crippen molar-refractivity contribution in [2.75, 3.05) is 0 Å². The van der Waals surface area contributed by atoms with Crippen molar-refractivity contribution in [2.45, 2.75) is 39.5 Å². The third-order valence-corrected chi connectivity index (χ3v) is 4.19. The Kier molecular flexibility index (Phi) is 3.74. The average molecular weight is 289 g/mol. The van der Waals surface area contributed by atoms with E-state index in [1.807, 2.05) is 0 Å². The Morgan fingerprint density at radius 3 is 2.14 bits per heavy atom. The van der Waals surface area contributed by atoms with Crippen LogP contribution in [0.2, 0.25) is 0 Å². The number of aryl methyl sites for hydroxylation is 1. The molecule has 3 aromatic rings. The summed E-state index contributed by atoms with van der Waals surface area (Å²) in [6, 6.07) is 19.7. The Labute approximate surface area is 133 Å². The van der Waals surface area contributed by atoms with E-state index in [4.69, 9.17) is 0 Å². The molecule has 0 aliphatic carbocycles. The van der Waals surface area contributed by atoms with E-state index in [0.29, 0.717) is 0 Å². The summed E-state index contributed by atoms with van der Waals surface area (Å²) in [7, 11) is 0. The van der Waals surface area contributed by atoms with Crippen LogP contribution in [0.25, 0.3) is 22.0 Å². The Morgan fingerprint density at radius 1 is 0.818 bits per heavy atom. The molecule has 0 fully saturated rings. The average Bonchev–Trinajstić information content (AvgIpc) is 2.53. The van der Waals surface area contributed by atoms with Crippen molar-refractivity contribution in [1.82, 2.24) is 4.98 Å². The summed E-state index contributed by atoms with van der Waals surface area (Å²) < 4.78 is 0. The number of pyridine rings is 1. The maximum Gasteiger partial charge on any atom is 0.0705 e. The first-order valence-electron chi connectivity index (χ1n) is 7.98. The minimum Gasteiger partial charge on any atom is -0.253 e. The number of hydrogen-bond donors (Lipinski definition) is 0. The number of rotatable bonds is 2. The smallest absolute Gasteiger partial charge is 0.0705 e. The molecule has 0 atom stereocenters. The third-order valence-electron chi connectivity index (χ3n) is 4.19. The van der Waals surface area contributed by atoms with Gasteiger partial charge in [-0.2, -0.15) is 0 Å². The largest absolute Gasteiger partial charge is 0.253 e. The van der Waals surface area contributed by atoms with Crippen LogP contribution in [0.4, 0.5) is 0 Å². The Hall–Kier alpha value is -2.15. The van der Waals surface area contributed by atoms with Crippen molar-refractivity contribution in [3.63, 3.8) is 0 Å². The predicted molar refractivity (Wildman–Crippen MR) is 95.3 cm³/mol. The van der Waals surface area contributed by atoms with Gasteiger partial charge in [0.05, 0.1) is 5.52 Å². The molecule has 0 unspecified atom stereocenters. The van der Waals surface area contributed by atoms with Crippen LogP contribution in [0, 0.1) is 0 Å². The van der Waals surface area contributed by atoms with Gasteiger partial charge in [-0.25, -0.2) is 0 Å². The first-order chi connectivity index (χ1) is 10.5. The van der Waals surface area contributed by atoms with Crippen molar-refractivity contribution in [3.05, 3.63) is 65.9 Å². The Morgan fingerprint density at radius 2 is 1.50 bits per heavy atom. The standard InChI is InChI=1S/C21H23N/c1-5-19-12-8-17-14-16(9-13-20(17)22-19)15-6-10-18(11-7-15)21(2,3)4/h6-14H,5H2,1-4H3. The zero-order valence-corrected chi connectivity index (χ0v) is 13.9. The fourth-order valence-corrected chi connectivity index (χ4v) is 2.71. The second-order valence-corrected chi connectivity index (χ2v) is 6.89. The van der Waals surface area contributed by atoms with Gasteiger partial charge < -0.3 is 0 Å². The topological polar surface area (TPSA) is 12.9 Å². The quantitative estimate of drug-likeness (QED) is 0.584. The fourth-order valence-electron chi connectivity index (χ4n) is 2.71. The van der Waals surface area contributed by atoms with Crippen LogP contribution in [0.1, 0.15) is 39.0 Å². The lowest BCUT2D eigenvalue weighted by molar-refractivity contribution is 0.590. The first kappa shape index (κ1) is 14.8. The molecule has 0 N–H and O–H groups in total. The van der Waals surface area contributed by atoms with Gasteiger partial charge in [-0.1, -0.05) is 64.1 Å². The van der Waals surface area contributed by atoms with Crippen LogP contribution in [0.3, 0.4) is 0 Å². The van der Waals surface area contributed by atoms with E-state index in [1.54, 1.807) is 0 Å². The minimum atomic E-state index is 0.197. The number of fused-ring (bicyclic) bond motifs is 1. The maximum absolute atomic E-state index is 4.67. The molecule has 2 aromatic carbocycles. The van der Waals surface area contributed by atoms with Crippen molar-refractivity contribution in [3.8, 4) is 11.1 Å². The highest BCUT2D eigenvalue weighted by Crippen LogP contribution is 2.27. The normalized spacial score (nSPS) is 11.8. The predicted octanol–water partition coefficient (Wildman–Crippen LogP) is 5.76.